The van der Waals surface area contributed by atoms with Crippen LogP contribution in [0.2, 0.25) is 0 Å². The van der Waals surface area contributed by atoms with Crippen LogP contribution in [0.4, 0.5) is 0 Å². The van der Waals surface area contributed by atoms with Gasteiger partial charge < -0.3 is 30.1 Å². The first kappa shape index (κ1) is 24.7. The molecular formula is C27H33NO5. The molecule has 0 saturated carbocycles. The minimum atomic E-state index is -0.709. The summed E-state index contributed by atoms with van der Waals surface area (Å²) in [6.45, 7) is 4.53. The van der Waals surface area contributed by atoms with E-state index in [1.54, 1.807) is 12.1 Å². The summed E-state index contributed by atoms with van der Waals surface area (Å²) in [5, 5.41) is 32.4. The van der Waals surface area contributed by atoms with Gasteiger partial charge in [-0.25, -0.2) is 0 Å². The zero-order chi connectivity index (χ0) is 23.5. The number of hydrogen-bond donors (Lipinski definition) is 4. The van der Waals surface area contributed by atoms with Crippen molar-refractivity contribution >= 4 is 0 Å². The fraction of sp³-hybridized carbons (Fsp3) is 0.333. The SMILES string of the molecule is Cc1cccc(COCCOc2ccc(CCNC[C@H](O)c3ccc(O)c(CO)c3)cc2)c1. The van der Waals surface area contributed by atoms with Gasteiger partial charge in [0.2, 0.25) is 0 Å². The molecule has 6 nitrogen and oxygen atoms in total. The Hall–Kier alpha value is -2.90. The predicted molar refractivity (Wildman–Crippen MR) is 128 cm³/mol. The first-order valence-electron chi connectivity index (χ1n) is 11.2. The Kier molecular flexibility index (Phi) is 9.72. The van der Waals surface area contributed by atoms with Gasteiger partial charge in [-0.15, -0.1) is 0 Å². The lowest BCUT2D eigenvalue weighted by Crippen LogP contribution is -2.23. The Bertz CT molecular complexity index is 990. The molecule has 0 amide bonds. The van der Waals surface area contributed by atoms with Gasteiger partial charge in [-0.1, -0.05) is 48.0 Å². The molecule has 1 atom stereocenters. The maximum atomic E-state index is 10.3. The highest BCUT2D eigenvalue weighted by atomic mass is 16.5. The molecule has 0 bridgehead atoms. The van der Waals surface area contributed by atoms with Gasteiger partial charge in [0, 0.05) is 12.1 Å². The van der Waals surface area contributed by atoms with Crippen molar-refractivity contribution in [3.63, 3.8) is 0 Å². The van der Waals surface area contributed by atoms with Gasteiger partial charge in [0.05, 0.1) is 25.9 Å². The molecule has 4 N–H and O–H groups in total. The summed E-state index contributed by atoms with van der Waals surface area (Å²) in [5.74, 6) is 0.844. The standard InChI is InChI=1S/C27H33NO5/c1-20-3-2-4-22(15-20)19-32-13-14-33-25-8-5-21(6-9-25)11-12-28-17-27(31)23-7-10-26(30)24(16-23)18-29/h2-10,15-16,27-31H,11-14,17-19H2,1H3/t27-/m0/s1. The van der Waals surface area contributed by atoms with Crippen LogP contribution in [0.5, 0.6) is 11.5 Å². The van der Waals surface area contributed by atoms with E-state index in [1.165, 1.54) is 22.8 Å². The van der Waals surface area contributed by atoms with Crippen LogP contribution >= 0.6 is 0 Å². The van der Waals surface area contributed by atoms with E-state index in [0.717, 1.165) is 18.7 Å². The van der Waals surface area contributed by atoms with E-state index in [-0.39, 0.29) is 12.4 Å². The van der Waals surface area contributed by atoms with Crippen LogP contribution in [0.1, 0.15) is 33.9 Å². The van der Waals surface area contributed by atoms with Crippen molar-refractivity contribution in [3.05, 3.63) is 94.5 Å². The Morgan fingerprint density at radius 1 is 0.939 bits per heavy atom. The molecule has 0 radical (unpaired) electrons. The highest BCUT2D eigenvalue weighted by Crippen LogP contribution is 2.22. The van der Waals surface area contributed by atoms with Gasteiger partial charge >= 0.3 is 0 Å². The Balaban J connectivity index is 1.31. The summed E-state index contributed by atoms with van der Waals surface area (Å²) >= 11 is 0. The third-order valence-electron chi connectivity index (χ3n) is 5.36. The molecule has 0 unspecified atom stereocenters. The Morgan fingerprint density at radius 2 is 1.76 bits per heavy atom. The maximum absolute atomic E-state index is 10.3. The molecule has 0 aliphatic heterocycles. The molecule has 0 aliphatic carbocycles. The quantitative estimate of drug-likeness (QED) is 0.297. The Morgan fingerprint density at radius 3 is 2.52 bits per heavy atom. The number of hydrogen-bond acceptors (Lipinski definition) is 6. The molecule has 3 aromatic rings. The Labute approximate surface area is 195 Å². The average Bonchev–Trinajstić information content (AvgIpc) is 2.82. The number of aliphatic hydroxyl groups is 2. The normalized spacial score (nSPS) is 12.0. The third-order valence-corrected chi connectivity index (χ3v) is 5.36. The summed E-state index contributed by atoms with van der Waals surface area (Å²) in [6.07, 6.45) is 0.115. The first-order valence-corrected chi connectivity index (χ1v) is 11.2. The van der Waals surface area contributed by atoms with Crippen molar-refractivity contribution in [2.75, 3.05) is 26.3 Å². The maximum Gasteiger partial charge on any atom is 0.121 e. The molecule has 0 aliphatic rings. The van der Waals surface area contributed by atoms with Crippen molar-refractivity contribution in [1.82, 2.24) is 5.32 Å². The van der Waals surface area contributed by atoms with Gasteiger partial charge in [-0.3, -0.25) is 0 Å². The predicted octanol–water partition coefficient (Wildman–Crippen LogP) is 3.65. The van der Waals surface area contributed by atoms with E-state index >= 15 is 0 Å². The summed E-state index contributed by atoms with van der Waals surface area (Å²) in [5.41, 5.74) is 4.64. The second-order valence-electron chi connectivity index (χ2n) is 8.05. The smallest absolute Gasteiger partial charge is 0.121 e. The van der Waals surface area contributed by atoms with Crippen LogP contribution in [-0.2, 0) is 24.4 Å². The molecule has 0 spiro atoms. The zero-order valence-electron chi connectivity index (χ0n) is 19.0. The van der Waals surface area contributed by atoms with Gasteiger partial charge in [0.25, 0.3) is 0 Å². The average molecular weight is 452 g/mol. The number of aromatic hydroxyl groups is 1. The molecule has 0 heterocycles. The number of phenols is 1. The van der Waals surface area contributed by atoms with Gasteiger partial charge in [-0.2, -0.15) is 0 Å². The number of ether oxygens (including phenoxy) is 2. The number of rotatable bonds is 13. The minimum Gasteiger partial charge on any atom is -0.508 e. The van der Waals surface area contributed by atoms with Crippen molar-refractivity contribution in [2.24, 2.45) is 0 Å². The second-order valence-corrected chi connectivity index (χ2v) is 8.05. The highest BCUT2D eigenvalue weighted by molar-refractivity contribution is 5.36. The van der Waals surface area contributed by atoms with Gasteiger partial charge in [0.1, 0.15) is 18.1 Å². The van der Waals surface area contributed by atoms with Crippen molar-refractivity contribution in [3.8, 4) is 11.5 Å². The zero-order valence-corrected chi connectivity index (χ0v) is 19.0. The van der Waals surface area contributed by atoms with Crippen molar-refractivity contribution in [1.29, 1.82) is 0 Å². The fourth-order valence-corrected chi connectivity index (χ4v) is 3.49. The number of nitrogens with one attached hydrogen (secondary N) is 1. The third kappa shape index (κ3) is 8.18. The van der Waals surface area contributed by atoms with Crippen molar-refractivity contribution in [2.45, 2.75) is 32.7 Å². The van der Waals surface area contributed by atoms with E-state index < -0.39 is 6.10 Å². The lowest BCUT2D eigenvalue weighted by molar-refractivity contribution is 0.0889. The molecule has 0 saturated heterocycles. The van der Waals surface area contributed by atoms with Crippen LogP contribution in [-0.4, -0.2) is 41.6 Å². The fourth-order valence-electron chi connectivity index (χ4n) is 3.49. The number of aliphatic hydroxyl groups excluding tert-OH is 2. The largest absolute Gasteiger partial charge is 0.508 e. The molecule has 0 aromatic heterocycles. The highest BCUT2D eigenvalue weighted by Gasteiger charge is 2.10. The molecule has 3 aromatic carbocycles. The van der Waals surface area contributed by atoms with E-state index in [1.807, 2.05) is 30.3 Å². The van der Waals surface area contributed by atoms with E-state index in [4.69, 9.17) is 9.47 Å². The van der Waals surface area contributed by atoms with E-state index in [9.17, 15) is 15.3 Å². The molecule has 3 rings (SSSR count). The summed E-state index contributed by atoms with van der Waals surface area (Å²) in [6, 6.07) is 21.0. The first-order chi connectivity index (χ1) is 16.0. The van der Waals surface area contributed by atoms with Crippen LogP contribution in [0.25, 0.3) is 0 Å². The molecule has 176 valence electrons. The van der Waals surface area contributed by atoms with E-state index in [0.29, 0.717) is 37.5 Å². The van der Waals surface area contributed by atoms with E-state index in [2.05, 4.69) is 30.4 Å². The van der Waals surface area contributed by atoms with Crippen LogP contribution in [0.15, 0.2) is 66.7 Å². The van der Waals surface area contributed by atoms with Gasteiger partial charge in [0.15, 0.2) is 0 Å². The summed E-state index contributed by atoms with van der Waals surface area (Å²) < 4.78 is 11.4. The monoisotopic (exact) mass is 451 g/mol. The lowest BCUT2D eigenvalue weighted by Gasteiger charge is -2.14. The molecule has 6 heteroatoms. The number of aryl methyl sites for hydroxylation is 1. The molecule has 33 heavy (non-hydrogen) atoms. The minimum absolute atomic E-state index is 0.0311. The van der Waals surface area contributed by atoms with Crippen LogP contribution < -0.4 is 10.1 Å². The van der Waals surface area contributed by atoms with Crippen molar-refractivity contribution < 1.29 is 24.8 Å². The van der Waals surface area contributed by atoms with Crippen LogP contribution in [0, 0.1) is 6.92 Å². The molecule has 0 fully saturated rings. The summed E-state index contributed by atoms with van der Waals surface area (Å²) in [4.78, 5) is 0. The number of benzene rings is 3. The van der Waals surface area contributed by atoms with Crippen LogP contribution in [0.3, 0.4) is 0 Å². The second kappa shape index (κ2) is 13.0. The summed E-state index contributed by atoms with van der Waals surface area (Å²) in [7, 11) is 0. The van der Waals surface area contributed by atoms with Gasteiger partial charge in [-0.05, 0) is 60.8 Å². The topological polar surface area (TPSA) is 91.2 Å². The lowest BCUT2D eigenvalue weighted by atomic mass is 10.1. The molecular weight excluding hydrogens is 418 g/mol.